The number of rotatable bonds is 5. The Kier molecular flexibility index (Phi) is 4.96. The molecular weight excluding hydrogens is 260 g/mol. The van der Waals surface area contributed by atoms with Crippen molar-refractivity contribution in [2.24, 2.45) is 5.92 Å². The maximum atomic E-state index is 4.48. The van der Waals surface area contributed by atoms with Crippen LogP contribution in [0.1, 0.15) is 38.5 Å². The lowest BCUT2D eigenvalue weighted by molar-refractivity contribution is 0.373. The summed E-state index contributed by atoms with van der Waals surface area (Å²) in [4.78, 5) is 6.93. The number of nitrogens with one attached hydrogen (secondary N) is 2. The Morgan fingerprint density at radius 3 is 2.86 bits per heavy atom. The van der Waals surface area contributed by atoms with E-state index in [1.807, 2.05) is 6.20 Å². The van der Waals surface area contributed by atoms with Gasteiger partial charge in [0.25, 0.3) is 0 Å². The first-order valence-electron chi connectivity index (χ1n) is 8.47. The highest BCUT2D eigenvalue weighted by Crippen LogP contribution is 2.25. The van der Waals surface area contributed by atoms with Crippen LogP contribution in [0, 0.1) is 5.92 Å². The Balaban J connectivity index is 1.55. The third-order valence-corrected chi connectivity index (χ3v) is 5.00. The highest BCUT2D eigenvalue weighted by molar-refractivity contribution is 5.54. The molecule has 0 amide bonds. The number of hydrogen-bond donors (Lipinski definition) is 2. The van der Waals surface area contributed by atoms with Crippen molar-refractivity contribution in [3.63, 3.8) is 0 Å². The van der Waals surface area contributed by atoms with Crippen molar-refractivity contribution in [2.75, 3.05) is 36.9 Å². The molecule has 3 rings (SSSR count). The van der Waals surface area contributed by atoms with Gasteiger partial charge in [0.05, 0.1) is 0 Å². The largest absolute Gasteiger partial charge is 0.370 e. The van der Waals surface area contributed by atoms with Crippen LogP contribution in [0.5, 0.6) is 0 Å². The van der Waals surface area contributed by atoms with Gasteiger partial charge in [-0.15, -0.1) is 0 Å². The first kappa shape index (κ1) is 14.6. The zero-order valence-corrected chi connectivity index (χ0v) is 13.1. The zero-order chi connectivity index (χ0) is 14.5. The maximum Gasteiger partial charge on any atom is 0.127 e. The second kappa shape index (κ2) is 7.12. The molecule has 0 spiro atoms. The highest BCUT2D eigenvalue weighted by Gasteiger charge is 2.21. The summed E-state index contributed by atoms with van der Waals surface area (Å²) in [7, 11) is 2.05. The van der Waals surface area contributed by atoms with E-state index in [0.717, 1.165) is 31.4 Å². The number of aromatic nitrogens is 1. The second-order valence-corrected chi connectivity index (χ2v) is 6.50. The number of pyridine rings is 1. The Hall–Kier alpha value is -1.29. The second-order valence-electron chi connectivity index (χ2n) is 6.50. The molecule has 116 valence electrons. The summed E-state index contributed by atoms with van der Waals surface area (Å²) in [5.74, 6) is 1.87. The summed E-state index contributed by atoms with van der Waals surface area (Å²) in [6.45, 7) is 3.32. The zero-order valence-electron chi connectivity index (χ0n) is 13.1. The average Bonchev–Trinajstić information content (AvgIpc) is 3.03. The molecule has 2 N–H and O–H groups in total. The van der Waals surface area contributed by atoms with E-state index in [9.17, 15) is 0 Å². The molecule has 2 fully saturated rings. The number of hydrogen-bond acceptors (Lipinski definition) is 4. The van der Waals surface area contributed by atoms with Gasteiger partial charge in [-0.1, -0.05) is 19.3 Å². The standard InChI is InChI=1S/C17H28N4/c1-18-15-8-10-21(13-15)16-7-9-19-17(11-16)20-12-14-5-3-2-4-6-14/h7,9,11,14-15,18H,2-6,8,10,12-13H2,1H3,(H,19,20)/t15-/m0/s1. The summed E-state index contributed by atoms with van der Waals surface area (Å²) < 4.78 is 0. The molecule has 0 aromatic carbocycles. The number of nitrogens with zero attached hydrogens (tertiary/aromatic N) is 2. The number of anilines is 2. The van der Waals surface area contributed by atoms with Crippen molar-refractivity contribution in [1.82, 2.24) is 10.3 Å². The van der Waals surface area contributed by atoms with Gasteiger partial charge in [0, 0.05) is 43.6 Å². The molecule has 21 heavy (non-hydrogen) atoms. The molecule has 0 radical (unpaired) electrons. The van der Waals surface area contributed by atoms with Crippen LogP contribution in [0.4, 0.5) is 11.5 Å². The van der Waals surface area contributed by atoms with Crippen LogP contribution < -0.4 is 15.5 Å². The van der Waals surface area contributed by atoms with Crippen molar-refractivity contribution < 1.29 is 0 Å². The SMILES string of the molecule is CN[C@H]1CCN(c2ccnc(NCC3CCCCC3)c2)C1. The minimum Gasteiger partial charge on any atom is -0.370 e. The van der Waals surface area contributed by atoms with E-state index < -0.39 is 0 Å². The Morgan fingerprint density at radius 2 is 2.10 bits per heavy atom. The van der Waals surface area contributed by atoms with E-state index in [1.165, 1.54) is 44.2 Å². The fourth-order valence-corrected chi connectivity index (χ4v) is 3.58. The van der Waals surface area contributed by atoms with Crippen LogP contribution in [-0.4, -0.2) is 37.7 Å². The lowest BCUT2D eigenvalue weighted by Crippen LogP contribution is -2.29. The quantitative estimate of drug-likeness (QED) is 0.874. The van der Waals surface area contributed by atoms with E-state index in [0.29, 0.717) is 6.04 Å². The topological polar surface area (TPSA) is 40.2 Å². The highest BCUT2D eigenvalue weighted by atomic mass is 15.2. The fourth-order valence-electron chi connectivity index (χ4n) is 3.58. The monoisotopic (exact) mass is 288 g/mol. The van der Waals surface area contributed by atoms with Crippen LogP contribution in [0.3, 0.4) is 0 Å². The van der Waals surface area contributed by atoms with Crippen molar-refractivity contribution in [2.45, 2.75) is 44.6 Å². The van der Waals surface area contributed by atoms with Gasteiger partial charge < -0.3 is 15.5 Å². The first-order chi connectivity index (χ1) is 10.3. The van der Waals surface area contributed by atoms with Gasteiger partial charge in [-0.25, -0.2) is 4.98 Å². The molecule has 1 saturated heterocycles. The van der Waals surface area contributed by atoms with Gasteiger partial charge in [0.2, 0.25) is 0 Å². The number of likely N-dealkylation sites (N-methyl/N-ethyl adjacent to an activating group) is 1. The van der Waals surface area contributed by atoms with Gasteiger partial charge in [0.1, 0.15) is 5.82 Å². The molecule has 1 aliphatic heterocycles. The van der Waals surface area contributed by atoms with Crippen LogP contribution >= 0.6 is 0 Å². The summed E-state index contributed by atoms with van der Waals surface area (Å²) in [5.41, 5.74) is 1.30. The third-order valence-electron chi connectivity index (χ3n) is 5.00. The molecule has 1 atom stereocenters. The van der Waals surface area contributed by atoms with Crippen molar-refractivity contribution in [3.8, 4) is 0 Å². The maximum absolute atomic E-state index is 4.48. The van der Waals surface area contributed by atoms with Crippen molar-refractivity contribution in [3.05, 3.63) is 18.3 Å². The van der Waals surface area contributed by atoms with Crippen LogP contribution in [0.25, 0.3) is 0 Å². The molecule has 4 heteroatoms. The molecule has 1 aliphatic carbocycles. The summed E-state index contributed by atoms with van der Waals surface area (Å²) in [6, 6.07) is 4.96. The molecule has 4 nitrogen and oxygen atoms in total. The van der Waals surface area contributed by atoms with E-state index in [1.54, 1.807) is 0 Å². The smallest absolute Gasteiger partial charge is 0.127 e. The van der Waals surface area contributed by atoms with Gasteiger partial charge in [-0.05, 0) is 38.3 Å². The third kappa shape index (κ3) is 3.88. The van der Waals surface area contributed by atoms with Crippen LogP contribution in [-0.2, 0) is 0 Å². The van der Waals surface area contributed by atoms with Crippen molar-refractivity contribution in [1.29, 1.82) is 0 Å². The summed E-state index contributed by atoms with van der Waals surface area (Å²) in [6.07, 6.45) is 10.1. The van der Waals surface area contributed by atoms with E-state index in [2.05, 4.69) is 39.7 Å². The molecule has 1 aromatic heterocycles. The van der Waals surface area contributed by atoms with Crippen LogP contribution in [0.2, 0.25) is 0 Å². The first-order valence-corrected chi connectivity index (χ1v) is 8.47. The molecule has 0 unspecified atom stereocenters. The van der Waals surface area contributed by atoms with Crippen molar-refractivity contribution >= 4 is 11.5 Å². The minimum atomic E-state index is 0.622. The predicted molar refractivity (Wildman–Crippen MR) is 89.0 cm³/mol. The molecule has 0 bridgehead atoms. The van der Waals surface area contributed by atoms with E-state index >= 15 is 0 Å². The normalized spacial score (nSPS) is 23.5. The minimum absolute atomic E-state index is 0.622. The predicted octanol–water partition coefficient (Wildman–Crippen LogP) is 2.87. The summed E-state index contributed by atoms with van der Waals surface area (Å²) >= 11 is 0. The van der Waals surface area contributed by atoms with Gasteiger partial charge in [-0.2, -0.15) is 0 Å². The van der Waals surface area contributed by atoms with Gasteiger partial charge in [0.15, 0.2) is 0 Å². The lowest BCUT2D eigenvalue weighted by Gasteiger charge is -2.23. The molecule has 2 heterocycles. The van der Waals surface area contributed by atoms with Crippen LogP contribution in [0.15, 0.2) is 18.3 Å². The van der Waals surface area contributed by atoms with E-state index in [-0.39, 0.29) is 0 Å². The lowest BCUT2D eigenvalue weighted by atomic mass is 9.89. The Morgan fingerprint density at radius 1 is 1.24 bits per heavy atom. The van der Waals surface area contributed by atoms with Gasteiger partial charge in [-0.3, -0.25) is 0 Å². The molecule has 1 aromatic rings. The fraction of sp³-hybridized carbons (Fsp3) is 0.706. The Bertz CT molecular complexity index is 442. The molecule has 1 saturated carbocycles. The van der Waals surface area contributed by atoms with E-state index in [4.69, 9.17) is 0 Å². The molecular formula is C17H28N4. The average molecular weight is 288 g/mol. The summed E-state index contributed by atoms with van der Waals surface area (Å²) in [5, 5.41) is 6.92. The Labute approximate surface area is 128 Å². The molecule has 2 aliphatic rings. The van der Waals surface area contributed by atoms with Gasteiger partial charge >= 0.3 is 0 Å².